The number of aromatic nitrogens is 1. The van der Waals surface area contributed by atoms with Crippen LogP contribution in [0.15, 0.2) is 23.3 Å². The number of rotatable bonds is 5. The number of hydrogen-bond donors (Lipinski definition) is 1. The van der Waals surface area contributed by atoms with Gasteiger partial charge in [0, 0.05) is 43.9 Å². The van der Waals surface area contributed by atoms with Crippen molar-refractivity contribution in [3.05, 3.63) is 23.9 Å². The van der Waals surface area contributed by atoms with E-state index in [0.717, 1.165) is 44.4 Å². The highest BCUT2D eigenvalue weighted by molar-refractivity contribution is 14.0. The van der Waals surface area contributed by atoms with Crippen LogP contribution in [0.1, 0.15) is 39.2 Å². The molecule has 0 bridgehead atoms. The lowest BCUT2D eigenvalue weighted by molar-refractivity contribution is 0.156. The van der Waals surface area contributed by atoms with E-state index in [9.17, 15) is 0 Å². The van der Waals surface area contributed by atoms with Crippen molar-refractivity contribution in [1.82, 2.24) is 15.2 Å². The number of hydrogen-bond acceptors (Lipinski definition) is 4. The molecule has 0 amide bonds. The van der Waals surface area contributed by atoms with Gasteiger partial charge in [0.05, 0.1) is 19.3 Å². The lowest BCUT2D eigenvalue weighted by Gasteiger charge is -2.25. The standard InChI is InChI=1S/C19H30N4O2.HI/c1-4-20-18(23-9-7-19(13-23)8-10-24-14-19)22-12-16-5-6-17(21-11-16)25-15(2)3;/h5-6,11,15H,4,7-10,12-14H2,1-3H3,(H,20,22);1H. The summed E-state index contributed by atoms with van der Waals surface area (Å²) in [6.07, 6.45) is 4.35. The molecule has 2 aliphatic heterocycles. The third-order valence-electron chi connectivity index (χ3n) is 4.82. The summed E-state index contributed by atoms with van der Waals surface area (Å²) in [6.45, 7) is 11.5. The Kier molecular flexibility index (Phi) is 7.94. The maximum atomic E-state index is 5.63. The maximum absolute atomic E-state index is 5.63. The fourth-order valence-electron chi connectivity index (χ4n) is 3.49. The van der Waals surface area contributed by atoms with E-state index in [-0.39, 0.29) is 30.1 Å². The first-order valence-corrected chi connectivity index (χ1v) is 9.33. The minimum Gasteiger partial charge on any atom is -0.475 e. The number of guanidine groups is 1. The van der Waals surface area contributed by atoms with Gasteiger partial charge in [-0.15, -0.1) is 24.0 Å². The number of nitrogens with one attached hydrogen (secondary N) is 1. The minimum absolute atomic E-state index is 0. The molecule has 2 aliphatic rings. The fourth-order valence-corrected chi connectivity index (χ4v) is 3.49. The van der Waals surface area contributed by atoms with E-state index in [4.69, 9.17) is 14.5 Å². The molecule has 0 aromatic carbocycles. The number of nitrogens with zero attached hydrogens (tertiary/aromatic N) is 3. The largest absolute Gasteiger partial charge is 0.475 e. The zero-order chi connectivity index (χ0) is 17.7. The number of pyridine rings is 1. The quantitative estimate of drug-likeness (QED) is 0.404. The highest BCUT2D eigenvalue weighted by atomic mass is 127. The molecule has 1 aromatic rings. The van der Waals surface area contributed by atoms with Gasteiger partial charge in [-0.3, -0.25) is 0 Å². The highest BCUT2D eigenvalue weighted by Gasteiger charge is 2.42. The first-order chi connectivity index (χ1) is 12.1. The number of halogens is 1. The van der Waals surface area contributed by atoms with Crippen LogP contribution in [-0.2, 0) is 11.3 Å². The Morgan fingerprint density at radius 3 is 2.88 bits per heavy atom. The van der Waals surface area contributed by atoms with Crippen molar-refractivity contribution in [3.63, 3.8) is 0 Å². The fraction of sp³-hybridized carbons (Fsp3) is 0.684. The monoisotopic (exact) mass is 474 g/mol. The van der Waals surface area contributed by atoms with Gasteiger partial charge >= 0.3 is 0 Å². The molecular formula is C19H31IN4O2. The second-order valence-electron chi connectivity index (χ2n) is 7.32. The number of ether oxygens (including phenoxy) is 2. The molecule has 3 rings (SSSR count). The zero-order valence-corrected chi connectivity index (χ0v) is 18.4. The van der Waals surface area contributed by atoms with Gasteiger partial charge in [0.2, 0.25) is 5.88 Å². The molecular weight excluding hydrogens is 443 g/mol. The van der Waals surface area contributed by atoms with Crippen molar-refractivity contribution < 1.29 is 9.47 Å². The Morgan fingerprint density at radius 1 is 1.42 bits per heavy atom. The molecule has 26 heavy (non-hydrogen) atoms. The summed E-state index contributed by atoms with van der Waals surface area (Å²) in [5, 5.41) is 3.43. The minimum atomic E-state index is 0. The van der Waals surface area contributed by atoms with E-state index in [1.807, 2.05) is 32.2 Å². The van der Waals surface area contributed by atoms with Crippen molar-refractivity contribution in [2.75, 3.05) is 32.8 Å². The van der Waals surface area contributed by atoms with Crippen LogP contribution in [0, 0.1) is 5.41 Å². The molecule has 1 unspecified atom stereocenters. The third kappa shape index (κ3) is 5.45. The summed E-state index contributed by atoms with van der Waals surface area (Å²) in [6, 6.07) is 3.95. The second-order valence-corrected chi connectivity index (χ2v) is 7.32. The first kappa shape index (κ1) is 21.2. The van der Waals surface area contributed by atoms with Crippen LogP contribution < -0.4 is 10.1 Å². The van der Waals surface area contributed by atoms with Gasteiger partial charge in [0.1, 0.15) is 0 Å². The van der Waals surface area contributed by atoms with E-state index in [1.165, 1.54) is 12.8 Å². The van der Waals surface area contributed by atoms with Crippen LogP contribution in [0.5, 0.6) is 5.88 Å². The van der Waals surface area contributed by atoms with Gasteiger partial charge in [-0.25, -0.2) is 9.98 Å². The predicted octanol–water partition coefficient (Wildman–Crippen LogP) is 3.06. The molecule has 2 saturated heterocycles. The average molecular weight is 474 g/mol. The Labute approximate surface area is 173 Å². The Hall–Kier alpha value is -1.09. The van der Waals surface area contributed by atoms with Gasteiger partial charge < -0.3 is 19.7 Å². The summed E-state index contributed by atoms with van der Waals surface area (Å²) in [5.74, 6) is 1.66. The van der Waals surface area contributed by atoms with Gasteiger partial charge in [-0.05, 0) is 39.2 Å². The van der Waals surface area contributed by atoms with Gasteiger partial charge in [-0.2, -0.15) is 0 Å². The molecule has 6 nitrogen and oxygen atoms in total. The molecule has 0 saturated carbocycles. The highest BCUT2D eigenvalue weighted by Crippen LogP contribution is 2.38. The molecule has 146 valence electrons. The summed E-state index contributed by atoms with van der Waals surface area (Å²) >= 11 is 0. The molecule has 0 radical (unpaired) electrons. The van der Waals surface area contributed by atoms with E-state index >= 15 is 0 Å². The van der Waals surface area contributed by atoms with E-state index in [0.29, 0.717) is 17.8 Å². The van der Waals surface area contributed by atoms with Crippen LogP contribution in [-0.4, -0.2) is 54.8 Å². The normalized spacial score (nSPS) is 22.8. The molecule has 0 aliphatic carbocycles. The molecule has 7 heteroatoms. The van der Waals surface area contributed by atoms with E-state index in [1.54, 1.807) is 0 Å². The SMILES string of the molecule is CCNC(=NCc1ccc(OC(C)C)nc1)N1CCC2(CCOC2)C1.I. The van der Waals surface area contributed by atoms with Gasteiger partial charge in [-0.1, -0.05) is 6.07 Å². The first-order valence-electron chi connectivity index (χ1n) is 9.33. The number of aliphatic imine (C=N–C) groups is 1. The molecule has 1 atom stereocenters. The molecule has 1 spiro atoms. The Balaban J connectivity index is 0.00000243. The van der Waals surface area contributed by atoms with Crippen LogP contribution in [0.2, 0.25) is 0 Å². The van der Waals surface area contributed by atoms with Crippen LogP contribution in [0.3, 0.4) is 0 Å². The van der Waals surface area contributed by atoms with E-state index in [2.05, 4.69) is 22.1 Å². The summed E-state index contributed by atoms with van der Waals surface area (Å²) in [4.78, 5) is 11.6. The smallest absolute Gasteiger partial charge is 0.213 e. The second kappa shape index (κ2) is 9.73. The Morgan fingerprint density at radius 2 is 2.27 bits per heavy atom. The average Bonchev–Trinajstić information content (AvgIpc) is 3.23. The summed E-state index contributed by atoms with van der Waals surface area (Å²) in [7, 11) is 0. The predicted molar refractivity (Wildman–Crippen MR) is 114 cm³/mol. The van der Waals surface area contributed by atoms with Crippen molar-refractivity contribution in [1.29, 1.82) is 0 Å². The third-order valence-corrected chi connectivity index (χ3v) is 4.82. The van der Waals surface area contributed by atoms with Crippen molar-refractivity contribution in [2.24, 2.45) is 10.4 Å². The lowest BCUT2D eigenvalue weighted by Crippen LogP contribution is -2.41. The van der Waals surface area contributed by atoms with E-state index < -0.39 is 0 Å². The maximum Gasteiger partial charge on any atom is 0.213 e. The Bertz CT molecular complexity index is 586. The van der Waals surface area contributed by atoms with Crippen molar-refractivity contribution in [2.45, 2.75) is 46.3 Å². The molecule has 1 N–H and O–H groups in total. The van der Waals surface area contributed by atoms with Crippen LogP contribution in [0.25, 0.3) is 0 Å². The topological polar surface area (TPSA) is 59.0 Å². The van der Waals surface area contributed by atoms with Gasteiger partial charge in [0.25, 0.3) is 0 Å². The molecule has 3 heterocycles. The van der Waals surface area contributed by atoms with Crippen LogP contribution >= 0.6 is 24.0 Å². The van der Waals surface area contributed by atoms with Crippen molar-refractivity contribution >= 4 is 29.9 Å². The van der Waals surface area contributed by atoms with Gasteiger partial charge in [0.15, 0.2) is 5.96 Å². The molecule has 1 aromatic heterocycles. The number of likely N-dealkylation sites (tertiary alicyclic amines) is 1. The zero-order valence-electron chi connectivity index (χ0n) is 16.0. The summed E-state index contributed by atoms with van der Waals surface area (Å²) < 4.78 is 11.2. The molecule has 2 fully saturated rings. The van der Waals surface area contributed by atoms with Crippen molar-refractivity contribution in [3.8, 4) is 5.88 Å². The van der Waals surface area contributed by atoms with Crippen LogP contribution in [0.4, 0.5) is 0 Å². The lowest BCUT2D eigenvalue weighted by atomic mass is 9.87. The summed E-state index contributed by atoms with van der Waals surface area (Å²) in [5.41, 5.74) is 1.43.